The van der Waals surface area contributed by atoms with Gasteiger partial charge < -0.3 is 27.4 Å². The molecule has 0 saturated carbocycles. The van der Waals surface area contributed by atoms with Crippen molar-refractivity contribution < 1.29 is 15.0 Å². The molecule has 0 heterocycles. The second-order valence-corrected chi connectivity index (χ2v) is 3.27. The summed E-state index contributed by atoms with van der Waals surface area (Å²) in [5.41, 5.74) is 17.1. The third-order valence-corrected chi connectivity index (χ3v) is 2.00. The lowest BCUT2D eigenvalue weighted by molar-refractivity contribution is -0.138. The predicted octanol–water partition coefficient (Wildman–Crippen LogP) is -0.489. The van der Waals surface area contributed by atoms with Gasteiger partial charge >= 0.3 is 5.97 Å². The first-order valence-electron chi connectivity index (χ1n) is 4.27. The number of carboxylic acid groups (broad SMARTS) is 1. The summed E-state index contributed by atoms with van der Waals surface area (Å²) >= 11 is 0. The molecule has 0 unspecified atom stereocenters. The first-order valence-corrected chi connectivity index (χ1v) is 4.27. The fraction of sp³-hybridized carbons (Fsp3) is 0.222. The number of phenols is 1. The van der Waals surface area contributed by atoms with Crippen molar-refractivity contribution in [1.82, 2.24) is 0 Å². The molecule has 0 amide bonds. The van der Waals surface area contributed by atoms with Gasteiger partial charge in [0.2, 0.25) is 0 Å². The second kappa shape index (κ2) is 4.05. The van der Waals surface area contributed by atoms with Crippen LogP contribution < -0.4 is 17.2 Å². The van der Waals surface area contributed by atoms with Gasteiger partial charge in [-0.15, -0.1) is 0 Å². The van der Waals surface area contributed by atoms with Gasteiger partial charge in [-0.2, -0.15) is 0 Å². The Morgan fingerprint density at radius 2 is 1.80 bits per heavy atom. The Morgan fingerprint density at radius 3 is 2.20 bits per heavy atom. The van der Waals surface area contributed by atoms with Gasteiger partial charge in [-0.1, -0.05) is 0 Å². The zero-order chi connectivity index (χ0) is 11.6. The van der Waals surface area contributed by atoms with E-state index in [0.29, 0.717) is 5.56 Å². The van der Waals surface area contributed by atoms with Gasteiger partial charge in [-0.05, 0) is 24.1 Å². The summed E-state index contributed by atoms with van der Waals surface area (Å²) in [6.07, 6.45) is 0.115. The minimum absolute atomic E-state index is 0.114. The molecular formula is C9H13N3O3. The number of carbonyl (C=O) groups is 1. The number of hydrogen-bond acceptors (Lipinski definition) is 5. The van der Waals surface area contributed by atoms with Crippen molar-refractivity contribution in [3.05, 3.63) is 17.7 Å². The summed E-state index contributed by atoms with van der Waals surface area (Å²) in [4.78, 5) is 10.5. The van der Waals surface area contributed by atoms with Crippen molar-refractivity contribution in [2.24, 2.45) is 5.73 Å². The van der Waals surface area contributed by atoms with Crippen LogP contribution in [0.5, 0.6) is 5.75 Å². The Hall–Kier alpha value is -1.95. The molecule has 0 aliphatic heterocycles. The summed E-state index contributed by atoms with van der Waals surface area (Å²) in [5.74, 6) is -1.29. The number of rotatable bonds is 3. The molecule has 0 spiro atoms. The molecule has 0 aliphatic carbocycles. The fourth-order valence-corrected chi connectivity index (χ4v) is 1.20. The molecule has 0 aromatic heterocycles. The van der Waals surface area contributed by atoms with Crippen molar-refractivity contribution >= 4 is 17.3 Å². The molecule has 6 nitrogen and oxygen atoms in total. The van der Waals surface area contributed by atoms with E-state index in [4.69, 9.17) is 22.3 Å². The number of hydrogen-bond donors (Lipinski definition) is 5. The maximum atomic E-state index is 10.5. The lowest BCUT2D eigenvalue weighted by atomic mass is 10.0. The molecular weight excluding hydrogens is 198 g/mol. The van der Waals surface area contributed by atoms with E-state index < -0.39 is 12.0 Å². The lowest BCUT2D eigenvalue weighted by Gasteiger charge is -2.09. The van der Waals surface area contributed by atoms with Crippen LogP contribution in [-0.4, -0.2) is 22.2 Å². The van der Waals surface area contributed by atoms with Gasteiger partial charge in [0, 0.05) is 0 Å². The number of anilines is 2. The van der Waals surface area contributed by atoms with E-state index in [0.717, 1.165) is 0 Å². The van der Waals surface area contributed by atoms with Crippen LogP contribution in [0.15, 0.2) is 12.1 Å². The largest absolute Gasteiger partial charge is 0.504 e. The highest BCUT2D eigenvalue weighted by atomic mass is 16.4. The Kier molecular flexibility index (Phi) is 3.01. The highest BCUT2D eigenvalue weighted by molar-refractivity contribution is 5.74. The highest BCUT2D eigenvalue weighted by Crippen LogP contribution is 2.29. The molecule has 1 rings (SSSR count). The summed E-state index contributed by atoms with van der Waals surface area (Å²) in [6.45, 7) is 0. The molecule has 8 N–H and O–H groups in total. The SMILES string of the molecule is Nc1cc(C[C@H](N)C(=O)O)cc(N)c1O. The molecule has 1 aromatic carbocycles. The fourth-order valence-electron chi connectivity index (χ4n) is 1.20. The van der Waals surface area contributed by atoms with Crippen LogP contribution in [0, 0.1) is 0 Å². The van der Waals surface area contributed by atoms with Gasteiger partial charge in [-0.25, -0.2) is 0 Å². The van der Waals surface area contributed by atoms with Gasteiger partial charge in [0.25, 0.3) is 0 Å². The van der Waals surface area contributed by atoms with Gasteiger partial charge in [-0.3, -0.25) is 4.79 Å². The Bertz CT molecular complexity index is 369. The van der Waals surface area contributed by atoms with Crippen LogP contribution in [0.25, 0.3) is 0 Å². The predicted molar refractivity (Wildman–Crippen MR) is 56.2 cm³/mol. The van der Waals surface area contributed by atoms with E-state index in [9.17, 15) is 9.90 Å². The number of nitrogen functional groups attached to an aromatic ring is 2. The monoisotopic (exact) mass is 211 g/mol. The van der Waals surface area contributed by atoms with Gasteiger partial charge in [0.1, 0.15) is 6.04 Å². The van der Waals surface area contributed by atoms with Crippen LogP contribution >= 0.6 is 0 Å². The molecule has 1 atom stereocenters. The molecule has 0 saturated heterocycles. The highest BCUT2D eigenvalue weighted by Gasteiger charge is 2.13. The van der Waals surface area contributed by atoms with E-state index in [-0.39, 0.29) is 23.5 Å². The van der Waals surface area contributed by atoms with Crippen LogP contribution in [0.2, 0.25) is 0 Å². The van der Waals surface area contributed by atoms with Crippen LogP contribution in [0.3, 0.4) is 0 Å². The van der Waals surface area contributed by atoms with Gasteiger partial charge in [0.15, 0.2) is 5.75 Å². The maximum absolute atomic E-state index is 10.5. The molecule has 82 valence electrons. The van der Waals surface area contributed by atoms with Crippen molar-refractivity contribution in [3.63, 3.8) is 0 Å². The van der Waals surface area contributed by atoms with Crippen molar-refractivity contribution in [3.8, 4) is 5.75 Å². The van der Waals surface area contributed by atoms with Crippen LogP contribution in [0.4, 0.5) is 11.4 Å². The van der Waals surface area contributed by atoms with E-state index in [1.807, 2.05) is 0 Å². The van der Waals surface area contributed by atoms with Crippen molar-refractivity contribution in [1.29, 1.82) is 0 Å². The average Bonchev–Trinajstić information content (AvgIpc) is 2.13. The summed E-state index contributed by atoms with van der Waals surface area (Å²) in [7, 11) is 0. The summed E-state index contributed by atoms with van der Waals surface area (Å²) in [5, 5.41) is 17.9. The first-order chi connectivity index (χ1) is 6.91. The number of carboxylic acids is 1. The third kappa shape index (κ3) is 2.50. The maximum Gasteiger partial charge on any atom is 0.320 e. The molecule has 6 heteroatoms. The number of phenolic OH excluding ortho intramolecular Hbond substituents is 1. The molecule has 0 aliphatic rings. The van der Waals surface area contributed by atoms with E-state index in [1.165, 1.54) is 12.1 Å². The molecule has 0 bridgehead atoms. The minimum atomic E-state index is -1.10. The van der Waals surface area contributed by atoms with Crippen molar-refractivity contribution in [2.75, 3.05) is 11.5 Å². The molecule has 0 fully saturated rings. The van der Waals surface area contributed by atoms with Gasteiger partial charge in [0.05, 0.1) is 11.4 Å². The average molecular weight is 211 g/mol. The lowest BCUT2D eigenvalue weighted by Crippen LogP contribution is -2.32. The number of aliphatic carboxylic acids is 1. The second-order valence-electron chi connectivity index (χ2n) is 3.27. The van der Waals surface area contributed by atoms with Crippen LogP contribution in [-0.2, 0) is 11.2 Å². The molecule has 1 aromatic rings. The quantitative estimate of drug-likeness (QED) is 0.338. The first kappa shape index (κ1) is 11.1. The zero-order valence-electron chi connectivity index (χ0n) is 7.97. The van der Waals surface area contributed by atoms with Crippen LogP contribution in [0.1, 0.15) is 5.56 Å². The number of nitrogens with two attached hydrogens (primary N) is 3. The summed E-state index contributed by atoms with van der Waals surface area (Å²) in [6, 6.07) is 1.90. The Labute approximate surface area is 86.3 Å². The minimum Gasteiger partial charge on any atom is -0.504 e. The summed E-state index contributed by atoms with van der Waals surface area (Å²) < 4.78 is 0. The van der Waals surface area contributed by atoms with E-state index in [1.54, 1.807) is 0 Å². The number of benzene rings is 1. The smallest absolute Gasteiger partial charge is 0.320 e. The number of aromatic hydroxyl groups is 1. The molecule has 15 heavy (non-hydrogen) atoms. The standard InChI is InChI=1S/C9H13N3O3/c10-5-1-4(2-6(11)8(5)13)3-7(12)9(14)15/h1-2,7,13H,3,10-12H2,(H,14,15)/t7-/m0/s1. The van der Waals surface area contributed by atoms with E-state index in [2.05, 4.69) is 0 Å². The molecule has 0 radical (unpaired) electrons. The van der Waals surface area contributed by atoms with Crippen molar-refractivity contribution in [2.45, 2.75) is 12.5 Å². The Morgan fingerprint density at radius 1 is 1.33 bits per heavy atom. The zero-order valence-corrected chi connectivity index (χ0v) is 7.97. The topological polar surface area (TPSA) is 136 Å². The van der Waals surface area contributed by atoms with E-state index >= 15 is 0 Å². The Balaban J connectivity index is 2.92. The normalized spacial score (nSPS) is 12.3. The third-order valence-electron chi connectivity index (χ3n) is 2.00.